The Morgan fingerprint density at radius 2 is 1.76 bits per heavy atom. The highest BCUT2D eigenvalue weighted by atomic mass is 14.9. The zero-order valence-electron chi connectivity index (χ0n) is 14.7. The Morgan fingerprint density at radius 3 is 2.40 bits per heavy atom. The first kappa shape index (κ1) is 17.0. The Labute approximate surface area is 151 Å². The van der Waals surface area contributed by atoms with E-state index in [9.17, 15) is 0 Å². The molecule has 0 amide bonds. The van der Waals surface area contributed by atoms with Crippen LogP contribution in [0.15, 0.2) is 103 Å². The van der Waals surface area contributed by atoms with Crippen LogP contribution < -0.4 is 5.32 Å². The van der Waals surface area contributed by atoms with Crippen molar-refractivity contribution in [2.75, 3.05) is 6.54 Å². The summed E-state index contributed by atoms with van der Waals surface area (Å²) in [6.07, 6.45) is 14.3. The Hall–Kier alpha value is -2.80. The fraction of sp³-hybridized carbons (Fsp3) is 0.167. The summed E-state index contributed by atoms with van der Waals surface area (Å²) in [5.41, 5.74) is 5.09. The topological polar surface area (TPSA) is 12.0 Å². The van der Waals surface area contributed by atoms with Gasteiger partial charge in [0.2, 0.25) is 0 Å². The minimum atomic E-state index is 0.495. The molecule has 1 unspecified atom stereocenters. The van der Waals surface area contributed by atoms with Gasteiger partial charge in [-0.15, -0.1) is 0 Å². The van der Waals surface area contributed by atoms with Crippen molar-refractivity contribution in [1.82, 2.24) is 5.32 Å². The molecule has 0 saturated carbocycles. The van der Waals surface area contributed by atoms with E-state index in [1.54, 1.807) is 0 Å². The van der Waals surface area contributed by atoms with Crippen LogP contribution >= 0.6 is 0 Å². The van der Waals surface area contributed by atoms with E-state index in [1.165, 1.54) is 22.4 Å². The molecule has 0 radical (unpaired) electrons. The average Bonchev–Trinajstić information content (AvgIpc) is 2.70. The lowest BCUT2D eigenvalue weighted by molar-refractivity contribution is 0.813. The van der Waals surface area contributed by atoms with Crippen LogP contribution in [0.4, 0.5) is 0 Å². The smallest absolute Gasteiger partial charge is 0.0333 e. The first-order valence-corrected chi connectivity index (χ1v) is 8.92. The lowest BCUT2D eigenvalue weighted by atomic mass is 9.92. The van der Waals surface area contributed by atoms with E-state index >= 15 is 0 Å². The molecule has 1 nitrogen and oxygen atoms in total. The molecule has 2 aromatic carbocycles. The van der Waals surface area contributed by atoms with Crippen LogP contribution in [0, 0.1) is 0 Å². The zero-order valence-corrected chi connectivity index (χ0v) is 14.7. The second kappa shape index (κ2) is 8.89. The molecule has 0 bridgehead atoms. The van der Waals surface area contributed by atoms with Crippen molar-refractivity contribution in [3.8, 4) is 0 Å². The molecule has 0 heterocycles. The number of hydrogen-bond acceptors (Lipinski definition) is 1. The predicted octanol–water partition coefficient (Wildman–Crippen LogP) is 5.86. The van der Waals surface area contributed by atoms with Gasteiger partial charge in [0.1, 0.15) is 0 Å². The molecule has 0 saturated heterocycles. The first-order chi connectivity index (χ1) is 12.4. The van der Waals surface area contributed by atoms with Gasteiger partial charge >= 0.3 is 0 Å². The monoisotopic (exact) mass is 327 g/mol. The van der Waals surface area contributed by atoms with Crippen molar-refractivity contribution in [3.63, 3.8) is 0 Å². The maximum absolute atomic E-state index is 3.48. The van der Waals surface area contributed by atoms with E-state index in [-0.39, 0.29) is 0 Å². The van der Waals surface area contributed by atoms with Gasteiger partial charge in [0.05, 0.1) is 0 Å². The third-order valence-corrected chi connectivity index (χ3v) is 4.47. The third-order valence-electron chi connectivity index (χ3n) is 4.47. The fourth-order valence-corrected chi connectivity index (χ4v) is 3.05. The molecular formula is C24H25N. The molecule has 0 fully saturated rings. The normalized spacial score (nSPS) is 17.6. The molecule has 126 valence electrons. The van der Waals surface area contributed by atoms with Crippen molar-refractivity contribution in [2.45, 2.75) is 19.3 Å². The van der Waals surface area contributed by atoms with E-state index in [2.05, 4.69) is 103 Å². The summed E-state index contributed by atoms with van der Waals surface area (Å²) in [7, 11) is 0. The number of hydrogen-bond donors (Lipinski definition) is 1. The second-order valence-corrected chi connectivity index (χ2v) is 6.16. The summed E-state index contributed by atoms with van der Waals surface area (Å²) in [4.78, 5) is 0. The highest BCUT2D eigenvalue weighted by Crippen LogP contribution is 2.25. The van der Waals surface area contributed by atoms with E-state index in [0.717, 1.165) is 13.0 Å². The molecule has 1 N–H and O–H groups in total. The minimum absolute atomic E-state index is 0.495. The van der Waals surface area contributed by atoms with Gasteiger partial charge in [0, 0.05) is 18.2 Å². The molecule has 1 aliphatic carbocycles. The predicted molar refractivity (Wildman–Crippen MR) is 108 cm³/mol. The van der Waals surface area contributed by atoms with E-state index < -0.39 is 0 Å². The SMILES string of the molecule is C/C=C(\C=C/CNC1=CCC(c2ccccc2)C=C1)c1ccccc1. The van der Waals surface area contributed by atoms with Crippen LogP contribution in [-0.4, -0.2) is 6.54 Å². The Kier molecular flexibility index (Phi) is 6.06. The lowest BCUT2D eigenvalue weighted by Gasteiger charge is -2.17. The summed E-state index contributed by atoms with van der Waals surface area (Å²) >= 11 is 0. The summed E-state index contributed by atoms with van der Waals surface area (Å²) in [6, 6.07) is 21.2. The van der Waals surface area contributed by atoms with Crippen LogP contribution in [-0.2, 0) is 0 Å². The molecule has 0 spiro atoms. The first-order valence-electron chi connectivity index (χ1n) is 8.92. The van der Waals surface area contributed by atoms with Crippen molar-refractivity contribution in [1.29, 1.82) is 0 Å². The lowest BCUT2D eigenvalue weighted by Crippen LogP contribution is -2.14. The van der Waals surface area contributed by atoms with Crippen LogP contribution in [0.25, 0.3) is 5.57 Å². The third kappa shape index (κ3) is 4.84. The largest absolute Gasteiger partial charge is 0.382 e. The average molecular weight is 327 g/mol. The fourth-order valence-electron chi connectivity index (χ4n) is 3.05. The van der Waals surface area contributed by atoms with Gasteiger partial charge in [-0.2, -0.15) is 0 Å². The van der Waals surface area contributed by atoms with Crippen molar-refractivity contribution in [3.05, 3.63) is 114 Å². The Balaban J connectivity index is 1.50. The van der Waals surface area contributed by atoms with Gasteiger partial charge in [-0.25, -0.2) is 0 Å². The van der Waals surface area contributed by atoms with Crippen LogP contribution in [0.2, 0.25) is 0 Å². The molecular weight excluding hydrogens is 302 g/mol. The quantitative estimate of drug-likeness (QED) is 0.655. The van der Waals surface area contributed by atoms with Crippen LogP contribution in [0.5, 0.6) is 0 Å². The summed E-state index contributed by atoms with van der Waals surface area (Å²) in [5.74, 6) is 0.495. The number of rotatable bonds is 6. The Bertz CT molecular complexity index is 779. The number of benzene rings is 2. The maximum atomic E-state index is 3.48. The number of allylic oxidation sites excluding steroid dienone is 6. The van der Waals surface area contributed by atoms with Crippen molar-refractivity contribution < 1.29 is 0 Å². The highest BCUT2D eigenvalue weighted by Gasteiger charge is 2.10. The molecule has 1 atom stereocenters. The van der Waals surface area contributed by atoms with Crippen molar-refractivity contribution >= 4 is 5.57 Å². The van der Waals surface area contributed by atoms with Gasteiger partial charge in [0.25, 0.3) is 0 Å². The zero-order chi connectivity index (χ0) is 17.3. The number of nitrogens with one attached hydrogen (secondary N) is 1. The van der Waals surface area contributed by atoms with Gasteiger partial charge in [0.15, 0.2) is 0 Å². The Morgan fingerprint density at radius 1 is 1.04 bits per heavy atom. The minimum Gasteiger partial charge on any atom is -0.382 e. The summed E-state index contributed by atoms with van der Waals surface area (Å²) in [5, 5.41) is 3.48. The van der Waals surface area contributed by atoms with Gasteiger partial charge < -0.3 is 5.32 Å². The summed E-state index contributed by atoms with van der Waals surface area (Å²) in [6.45, 7) is 2.91. The molecule has 1 aliphatic rings. The van der Waals surface area contributed by atoms with Crippen LogP contribution in [0.1, 0.15) is 30.4 Å². The van der Waals surface area contributed by atoms with Gasteiger partial charge in [-0.1, -0.05) is 91.0 Å². The van der Waals surface area contributed by atoms with Gasteiger partial charge in [-0.05, 0) is 36.1 Å². The standard InChI is InChI=1S/C24H25N/c1-2-20(21-10-5-3-6-11-21)14-9-19-25-24-17-15-23(16-18-24)22-12-7-4-8-13-22/h2-15,17-18,23,25H,16,19H2,1H3/b14-9-,20-2+. The molecule has 3 rings (SSSR count). The molecule has 0 aromatic heterocycles. The van der Waals surface area contributed by atoms with Crippen molar-refractivity contribution in [2.24, 2.45) is 0 Å². The van der Waals surface area contributed by atoms with E-state index in [1.807, 2.05) is 6.07 Å². The van der Waals surface area contributed by atoms with E-state index in [4.69, 9.17) is 0 Å². The maximum Gasteiger partial charge on any atom is 0.0333 e. The van der Waals surface area contributed by atoms with Crippen LogP contribution in [0.3, 0.4) is 0 Å². The second-order valence-electron chi connectivity index (χ2n) is 6.16. The summed E-state index contributed by atoms with van der Waals surface area (Å²) < 4.78 is 0. The molecule has 1 heteroatoms. The van der Waals surface area contributed by atoms with E-state index in [0.29, 0.717) is 5.92 Å². The molecule has 0 aliphatic heterocycles. The molecule has 2 aromatic rings. The highest BCUT2D eigenvalue weighted by molar-refractivity contribution is 5.73. The molecule has 25 heavy (non-hydrogen) atoms. The van der Waals surface area contributed by atoms with Gasteiger partial charge in [-0.3, -0.25) is 0 Å².